The van der Waals surface area contributed by atoms with Crippen LogP contribution in [-0.2, 0) is 0 Å². The first-order chi connectivity index (χ1) is 11.7. The fourth-order valence-electron chi connectivity index (χ4n) is 2.29. The van der Waals surface area contributed by atoms with E-state index in [9.17, 15) is 4.79 Å². The van der Waals surface area contributed by atoms with Gasteiger partial charge in [-0.1, -0.05) is 62.4 Å². The number of benzene rings is 2. The molecule has 24 heavy (non-hydrogen) atoms. The third kappa shape index (κ3) is 5.89. The second-order valence-corrected chi connectivity index (χ2v) is 6.02. The summed E-state index contributed by atoms with van der Waals surface area (Å²) in [6.45, 7) is 2.83. The van der Waals surface area contributed by atoms with Gasteiger partial charge in [0.15, 0.2) is 0 Å². The van der Waals surface area contributed by atoms with Crippen LogP contribution in [0.2, 0.25) is 5.02 Å². The molecule has 0 spiro atoms. The summed E-state index contributed by atoms with van der Waals surface area (Å²) in [5.74, 6) is 0.670. The van der Waals surface area contributed by atoms with Crippen molar-refractivity contribution in [2.24, 2.45) is 0 Å². The van der Waals surface area contributed by atoms with Crippen molar-refractivity contribution >= 4 is 17.6 Å². The van der Waals surface area contributed by atoms with Gasteiger partial charge < -0.3 is 9.47 Å². The smallest absolute Gasteiger partial charge is 0.343 e. The van der Waals surface area contributed by atoms with Crippen molar-refractivity contribution < 1.29 is 14.3 Å². The molecule has 0 heterocycles. The summed E-state index contributed by atoms with van der Waals surface area (Å²) < 4.78 is 11.0. The number of hydrogen-bond acceptors (Lipinski definition) is 3. The second-order valence-electron chi connectivity index (χ2n) is 5.61. The first-order valence-corrected chi connectivity index (χ1v) is 8.78. The lowest BCUT2D eigenvalue weighted by Gasteiger charge is -2.09. The summed E-state index contributed by atoms with van der Waals surface area (Å²) in [6.07, 6.45) is 5.89. The maximum Gasteiger partial charge on any atom is 0.343 e. The predicted octanol–water partition coefficient (Wildman–Crippen LogP) is 5.91. The molecule has 0 bridgehead atoms. The number of halogens is 1. The highest BCUT2D eigenvalue weighted by Gasteiger charge is 2.11. The Balaban J connectivity index is 1.86. The maximum atomic E-state index is 12.1. The molecule has 0 saturated heterocycles. The average molecular weight is 347 g/mol. The summed E-state index contributed by atoms with van der Waals surface area (Å²) in [5, 5.41) is 0.422. The van der Waals surface area contributed by atoms with Crippen molar-refractivity contribution in [3.8, 4) is 11.5 Å². The molecule has 3 nitrogen and oxygen atoms in total. The third-order valence-corrected chi connectivity index (χ3v) is 3.92. The van der Waals surface area contributed by atoms with Gasteiger partial charge in [0.05, 0.1) is 17.2 Å². The zero-order chi connectivity index (χ0) is 17.2. The van der Waals surface area contributed by atoms with Gasteiger partial charge in [-0.2, -0.15) is 0 Å². The molecule has 0 aliphatic heterocycles. The molecule has 0 fully saturated rings. The zero-order valence-electron chi connectivity index (χ0n) is 14.0. The number of unbranched alkanes of at least 4 members (excludes halogenated alkanes) is 4. The Hall–Kier alpha value is -2.00. The topological polar surface area (TPSA) is 35.5 Å². The maximum absolute atomic E-state index is 12.1. The SMILES string of the molecule is CCCCCCCOc1ccc(C(=O)Oc2ccccc2)cc1Cl. The Kier molecular flexibility index (Phi) is 7.63. The number of hydrogen-bond donors (Lipinski definition) is 0. The van der Waals surface area contributed by atoms with Crippen molar-refractivity contribution in [2.45, 2.75) is 39.0 Å². The highest BCUT2D eigenvalue weighted by molar-refractivity contribution is 6.32. The lowest BCUT2D eigenvalue weighted by molar-refractivity contribution is 0.0734. The molecule has 0 saturated carbocycles. The number of ether oxygens (including phenoxy) is 2. The van der Waals surface area contributed by atoms with Gasteiger partial charge >= 0.3 is 5.97 Å². The summed E-state index contributed by atoms with van der Waals surface area (Å²) >= 11 is 6.21. The molecule has 0 aliphatic carbocycles. The zero-order valence-corrected chi connectivity index (χ0v) is 14.7. The van der Waals surface area contributed by atoms with Gasteiger partial charge in [-0.25, -0.2) is 4.79 Å². The predicted molar refractivity (Wildman–Crippen MR) is 97.1 cm³/mol. The monoisotopic (exact) mass is 346 g/mol. The Morgan fingerprint density at radius 1 is 1.00 bits per heavy atom. The van der Waals surface area contributed by atoms with E-state index in [2.05, 4.69) is 6.92 Å². The van der Waals surface area contributed by atoms with Gasteiger partial charge in [-0.05, 0) is 36.8 Å². The van der Waals surface area contributed by atoms with Crippen LogP contribution < -0.4 is 9.47 Å². The first-order valence-electron chi connectivity index (χ1n) is 8.40. The quantitative estimate of drug-likeness (QED) is 0.321. The minimum absolute atomic E-state index is 0.402. The summed E-state index contributed by atoms with van der Waals surface area (Å²) in [4.78, 5) is 12.1. The van der Waals surface area contributed by atoms with Crippen LogP contribution in [0.25, 0.3) is 0 Å². The van der Waals surface area contributed by atoms with Crippen LogP contribution >= 0.6 is 11.6 Å². The van der Waals surface area contributed by atoms with Gasteiger partial charge in [0.25, 0.3) is 0 Å². The Bertz CT molecular complexity index is 641. The largest absolute Gasteiger partial charge is 0.492 e. The van der Waals surface area contributed by atoms with E-state index in [4.69, 9.17) is 21.1 Å². The van der Waals surface area contributed by atoms with Crippen molar-refractivity contribution in [1.82, 2.24) is 0 Å². The van der Waals surface area contributed by atoms with Crippen molar-refractivity contribution in [2.75, 3.05) is 6.61 Å². The van der Waals surface area contributed by atoms with Crippen molar-refractivity contribution in [3.05, 3.63) is 59.1 Å². The Labute approximate surface area is 148 Å². The van der Waals surface area contributed by atoms with Crippen LogP contribution in [0.3, 0.4) is 0 Å². The molecule has 0 amide bonds. The molecule has 0 atom stereocenters. The fraction of sp³-hybridized carbons (Fsp3) is 0.350. The van der Waals surface area contributed by atoms with Crippen LogP contribution in [0.15, 0.2) is 48.5 Å². The minimum atomic E-state index is -0.436. The van der Waals surface area contributed by atoms with Gasteiger partial charge in [-0.15, -0.1) is 0 Å². The second kappa shape index (κ2) is 9.99. The van der Waals surface area contributed by atoms with Crippen LogP contribution in [-0.4, -0.2) is 12.6 Å². The average Bonchev–Trinajstić information content (AvgIpc) is 2.60. The van der Waals surface area contributed by atoms with E-state index in [0.717, 1.165) is 12.8 Å². The summed E-state index contributed by atoms with van der Waals surface area (Å²) in [5.41, 5.74) is 0.402. The fourth-order valence-corrected chi connectivity index (χ4v) is 2.52. The van der Waals surface area contributed by atoms with Crippen LogP contribution in [0, 0.1) is 0 Å². The molecule has 0 aliphatic rings. The standard InChI is InChI=1S/C20H23ClO3/c1-2-3-4-5-9-14-23-19-13-12-16(15-18(19)21)20(22)24-17-10-7-6-8-11-17/h6-8,10-13,15H,2-5,9,14H2,1H3. The first kappa shape index (κ1) is 18.3. The van der Waals surface area contributed by atoms with E-state index in [1.165, 1.54) is 19.3 Å². The van der Waals surface area contributed by atoms with Gasteiger partial charge in [0, 0.05) is 0 Å². The molecule has 2 aromatic carbocycles. The minimum Gasteiger partial charge on any atom is -0.492 e. The summed E-state index contributed by atoms with van der Waals surface area (Å²) in [6, 6.07) is 13.9. The molecule has 0 radical (unpaired) electrons. The molecular weight excluding hydrogens is 324 g/mol. The number of carbonyl (C=O) groups is 1. The molecule has 0 aromatic heterocycles. The summed E-state index contributed by atoms with van der Waals surface area (Å²) in [7, 11) is 0. The number of carbonyl (C=O) groups excluding carboxylic acids is 1. The van der Waals surface area contributed by atoms with E-state index in [1.54, 1.807) is 30.3 Å². The van der Waals surface area contributed by atoms with Crippen molar-refractivity contribution in [3.63, 3.8) is 0 Å². The Morgan fingerprint density at radius 2 is 1.75 bits per heavy atom. The molecule has 128 valence electrons. The van der Waals surface area contributed by atoms with E-state index in [0.29, 0.717) is 28.7 Å². The lowest BCUT2D eigenvalue weighted by Crippen LogP contribution is -2.08. The van der Waals surface area contributed by atoms with Gasteiger partial charge in [0.2, 0.25) is 0 Å². The van der Waals surface area contributed by atoms with Crippen molar-refractivity contribution in [1.29, 1.82) is 0 Å². The van der Waals surface area contributed by atoms with E-state index >= 15 is 0 Å². The number of para-hydroxylation sites is 1. The van der Waals surface area contributed by atoms with E-state index < -0.39 is 5.97 Å². The third-order valence-electron chi connectivity index (χ3n) is 3.63. The molecule has 0 unspecified atom stereocenters. The van der Waals surface area contributed by atoms with Crippen LogP contribution in [0.1, 0.15) is 49.4 Å². The Morgan fingerprint density at radius 3 is 2.46 bits per heavy atom. The molecule has 4 heteroatoms. The van der Waals surface area contributed by atoms with E-state index in [-0.39, 0.29) is 0 Å². The highest BCUT2D eigenvalue weighted by atomic mass is 35.5. The normalized spacial score (nSPS) is 10.4. The molecule has 2 rings (SSSR count). The van der Waals surface area contributed by atoms with Gasteiger partial charge in [-0.3, -0.25) is 0 Å². The van der Waals surface area contributed by atoms with Crippen LogP contribution in [0.4, 0.5) is 0 Å². The lowest BCUT2D eigenvalue weighted by atomic mass is 10.2. The number of rotatable bonds is 9. The van der Waals surface area contributed by atoms with Gasteiger partial charge in [0.1, 0.15) is 11.5 Å². The molecule has 0 N–H and O–H groups in total. The molecular formula is C20H23ClO3. The highest BCUT2D eigenvalue weighted by Crippen LogP contribution is 2.26. The number of esters is 1. The van der Waals surface area contributed by atoms with Crippen LogP contribution in [0.5, 0.6) is 11.5 Å². The molecule has 2 aromatic rings. The van der Waals surface area contributed by atoms with E-state index in [1.807, 2.05) is 18.2 Å².